The molecule has 0 aliphatic heterocycles. The lowest BCUT2D eigenvalue weighted by Crippen LogP contribution is -1.99. The first-order valence-electron chi connectivity index (χ1n) is 9.30. The highest BCUT2D eigenvalue weighted by Gasteiger charge is 2.08. The van der Waals surface area contributed by atoms with Gasteiger partial charge in [0, 0.05) is 11.3 Å². The average molecular weight is 383 g/mol. The smallest absolute Gasteiger partial charge is 0.138 e. The number of hydrogen-bond donors (Lipinski definition) is 0. The minimum absolute atomic E-state index is 0.677. The molecular formula is C21H28Cl2O2. The zero-order valence-electron chi connectivity index (χ0n) is 15.0. The average Bonchev–Trinajstić information content (AvgIpc) is 2.63. The molecule has 2 aromatic rings. The predicted octanol–water partition coefficient (Wildman–Crippen LogP) is 7.24. The summed E-state index contributed by atoms with van der Waals surface area (Å²) in [6.07, 6.45) is 7.87. The summed E-state index contributed by atoms with van der Waals surface area (Å²) >= 11 is 12.2. The molecule has 0 saturated carbocycles. The lowest BCUT2D eigenvalue weighted by molar-refractivity contribution is 0.305. The molecule has 138 valence electrons. The van der Waals surface area contributed by atoms with E-state index in [0.29, 0.717) is 11.6 Å². The lowest BCUT2D eigenvalue weighted by Gasteiger charge is -2.11. The van der Waals surface area contributed by atoms with E-state index in [-0.39, 0.29) is 0 Å². The molecule has 0 radical (unpaired) electrons. The van der Waals surface area contributed by atoms with Gasteiger partial charge in [0.05, 0.1) is 18.2 Å². The van der Waals surface area contributed by atoms with Crippen LogP contribution in [0.25, 0.3) is 10.8 Å². The van der Waals surface area contributed by atoms with Crippen molar-refractivity contribution in [3.63, 3.8) is 0 Å². The Hall–Kier alpha value is -1.12. The Labute approximate surface area is 161 Å². The van der Waals surface area contributed by atoms with E-state index in [0.717, 1.165) is 66.9 Å². The molecule has 0 unspecified atom stereocenters. The second kappa shape index (κ2) is 11.5. The Morgan fingerprint density at radius 2 is 1.60 bits per heavy atom. The second-order valence-corrected chi connectivity index (χ2v) is 7.02. The Kier molecular flexibility index (Phi) is 9.28. The third-order valence-corrected chi connectivity index (χ3v) is 4.85. The van der Waals surface area contributed by atoms with E-state index < -0.39 is 0 Å². The molecule has 0 aromatic heterocycles. The summed E-state index contributed by atoms with van der Waals surface area (Å²) in [5, 5.41) is 2.76. The number of benzene rings is 2. The van der Waals surface area contributed by atoms with E-state index in [1.165, 1.54) is 12.8 Å². The van der Waals surface area contributed by atoms with Gasteiger partial charge in [0.15, 0.2) is 0 Å². The molecule has 25 heavy (non-hydrogen) atoms. The van der Waals surface area contributed by atoms with Crippen molar-refractivity contribution in [1.29, 1.82) is 0 Å². The van der Waals surface area contributed by atoms with Gasteiger partial charge in [-0.25, -0.2) is 0 Å². The van der Waals surface area contributed by atoms with Crippen LogP contribution in [0, 0.1) is 0 Å². The zero-order valence-corrected chi connectivity index (χ0v) is 16.5. The minimum Gasteiger partial charge on any atom is -0.494 e. The van der Waals surface area contributed by atoms with Crippen molar-refractivity contribution in [1.82, 2.24) is 0 Å². The zero-order chi connectivity index (χ0) is 17.9. The molecule has 0 atom stereocenters. The Balaban J connectivity index is 1.92. The van der Waals surface area contributed by atoms with Crippen molar-refractivity contribution >= 4 is 34.0 Å². The largest absolute Gasteiger partial charge is 0.494 e. The van der Waals surface area contributed by atoms with Gasteiger partial charge in [0.25, 0.3) is 0 Å². The van der Waals surface area contributed by atoms with Crippen molar-refractivity contribution in [3.8, 4) is 11.5 Å². The molecule has 0 amide bonds. The van der Waals surface area contributed by atoms with E-state index in [1.54, 1.807) is 0 Å². The molecule has 0 aliphatic rings. The summed E-state index contributed by atoms with van der Waals surface area (Å²) in [6.45, 7) is 3.64. The maximum Gasteiger partial charge on any atom is 0.138 e. The summed E-state index contributed by atoms with van der Waals surface area (Å²) in [7, 11) is 0. The lowest BCUT2D eigenvalue weighted by atomic mass is 10.1. The molecule has 4 heteroatoms. The van der Waals surface area contributed by atoms with E-state index in [1.807, 2.05) is 30.3 Å². The van der Waals surface area contributed by atoms with Crippen LogP contribution in [0.3, 0.4) is 0 Å². The minimum atomic E-state index is 0.677. The highest BCUT2D eigenvalue weighted by Crippen LogP contribution is 2.34. The fraction of sp³-hybridized carbons (Fsp3) is 0.524. The van der Waals surface area contributed by atoms with E-state index in [9.17, 15) is 0 Å². The standard InChI is InChI=1S/C21H28Cl2O2/c1-2-3-7-14-24-18-10-11-19-17(16-18)9-12-20(21(19)23)25-15-8-5-4-6-13-22/h9-12,16H,2-8,13-15H2,1H3. The molecule has 0 heterocycles. The molecule has 2 aromatic carbocycles. The van der Waals surface area contributed by atoms with Crippen LogP contribution in [-0.2, 0) is 0 Å². The molecule has 0 bridgehead atoms. The monoisotopic (exact) mass is 382 g/mol. The van der Waals surface area contributed by atoms with Gasteiger partial charge < -0.3 is 9.47 Å². The fourth-order valence-corrected chi connectivity index (χ4v) is 3.20. The second-order valence-electron chi connectivity index (χ2n) is 6.27. The highest BCUT2D eigenvalue weighted by atomic mass is 35.5. The third-order valence-electron chi connectivity index (χ3n) is 4.19. The highest BCUT2D eigenvalue weighted by molar-refractivity contribution is 6.37. The van der Waals surface area contributed by atoms with Gasteiger partial charge in [-0.2, -0.15) is 0 Å². The first-order valence-corrected chi connectivity index (χ1v) is 10.2. The normalized spacial score (nSPS) is 11.0. The summed E-state index contributed by atoms with van der Waals surface area (Å²) in [4.78, 5) is 0. The maximum atomic E-state index is 6.52. The molecule has 0 saturated heterocycles. The van der Waals surface area contributed by atoms with E-state index in [2.05, 4.69) is 6.92 Å². The number of rotatable bonds is 12. The predicted molar refractivity (Wildman–Crippen MR) is 109 cm³/mol. The number of halogens is 2. The molecule has 2 rings (SSSR count). The molecule has 0 spiro atoms. The number of alkyl halides is 1. The van der Waals surface area contributed by atoms with Crippen molar-refractivity contribution in [3.05, 3.63) is 35.4 Å². The van der Waals surface area contributed by atoms with Gasteiger partial charge in [-0.05, 0) is 48.9 Å². The van der Waals surface area contributed by atoms with Gasteiger partial charge in [-0.15, -0.1) is 11.6 Å². The van der Waals surface area contributed by atoms with Crippen LogP contribution < -0.4 is 9.47 Å². The van der Waals surface area contributed by atoms with Gasteiger partial charge in [-0.1, -0.05) is 50.3 Å². The SMILES string of the molecule is CCCCCOc1ccc2c(Cl)c(OCCCCCCCl)ccc2c1. The van der Waals surface area contributed by atoms with Crippen LogP contribution in [0.15, 0.2) is 30.3 Å². The molecular weight excluding hydrogens is 355 g/mol. The van der Waals surface area contributed by atoms with Gasteiger partial charge in [0.2, 0.25) is 0 Å². The summed E-state index contributed by atoms with van der Waals surface area (Å²) in [6, 6.07) is 10.0. The third kappa shape index (κ3) is 6.60. The first kappa shape index (κ1) is 20.2. The number of ether oxygens (including phenoxy) is 2. The molecule has 2 nitrogen and oxygen atoms in total. The van der Waals surface area contributed by atoms with Crippen molar-refractivity contribution in [2.75, 3.05) is 19.1 Å². The molecule has 0 aliphatic carbocycles. The Morgan fingerprint density at radius 3 is 2.40 bits per heavy atom. The van der Waals surface area contributed by atoms with Crippen molar-refractivity contribution in [2.45, 2.75) is 51.9 Å². The summed E-state index contributed by atoms with van der Waals surface area (Å²) < 4.78 is 11.7. The topological polar surface area (TPSA) is 18.5 Å². The molecule has 0 N–H and O–H groups in total. The fourth-order valence-electron chi connectivity index (χ4n) is 2.73. The van der Waals surface area contributed by atoms with E-state index in [4.69, 9.17) is 32.7 Å². The quantitative estimate of drug-likeness (QED) is 0.284. The number of hydrogen-bond acceptors (Lipinski definition) is 2. The van der Waals surface area contributed by atoms with Crippen LogP contribution in [-0.4, -0.2) is 19.1 Å². The Morgan fingerprint density at radius 1 is 0.840 bits per heavy atom. The first-order chi connectivity index (χ1) is 12.3. The van der Waals surface area contributed by atoms with Crippen LogP contribution in [0.1, 0.15) is 51.9 Å². The van der Waals surface area contributed by atoms with E-state index >= 15 is 0 Å². The van der Waals surface area contributed by atoms with Crippen LogP contribution in [0.5, 0.6) is 11.5 Å². The summed E-state index contributed by atoms with van der Waals surface area (Å²) in [5.41, 5.74) is 0. The number of unbranched alkanes of at least 4 members (excludes halogenated alkanes) is 5. The maximum absolute atomic E-state index is 6.52. The van der Waals surface area contributed by atoms with Crippen LogP contribution in [0.4, 0.5) is 0 Å². The van der Waals surface area contributed by atoms with Gasteiger partial charge in [-0.3, -0.25) is 0 Å². The molecule has 0 fully saturated rings. The van der Waals surface area contributed by atoms with Crippen LogP contribution >= 0.6 is 23.2 Å². The van der Waals surface area contributed by atoms with Crippen molar-refractivity contribution in [2.24, 2.45) is 0 Å². The van der Waals surface area contributed by atoms with Crippen LogP contribution in [0.2, 0.25) is 5.02 Å². The number of fused-ring (bicyclic) bond motifs is 1. The van der Waals surface area contributed by atoms with Gasteiger partial charge in [0.1, 0.15) is 11.5 Å². The van der Waals surface area contributed by atoms with Gasteiger partial charge >= 0.3 is 0 Å². The Bertz CT molecular complexity index is 643. The van der Waals surface area contributed by atoms with Crippen molar-refractivity contribution < 1.29 is 9.47 Å². The summed E-state index contributed by atoms with van der Waals surface area (Å²) in [5.74, 6) is 2.39.